The number of nitroso groups, excluding NO2 is 1. The number of aliphatic hydroxyl groups is 2. The van der Waals surface area contributed by atoms with E-state index >= 15 is 0 Å². The molecule has 1 rings (SSSR count). The number of rotatable bonds is 5. The number of hydrogen-bond donors (Lipinski definition) is 3. The van der Waals surface area contributed by atoms with Crippen molar-refractivity contribution < 1.29 is 10.2 Å². The van der Waals surface area contributed by atoms with Crippen molar-refractivity contribution in [3.05, 3.63) is 28.2 Å². The van der Waals surface area contributed by atoms with Crippen LogP contribution in [0.3, 0.4) is 0 Å². The molecule has 0 heterocycles. The van der Waals surface area contributed by atoms with Gasteiger partial charge in [-0.15, -0.1) is 4.91 Å². The van der Waals surface area contributed by atoms with Crippen LogP contribution in [-0.4, -0.2) is 23.4 Å². The number of anilines is 1. The lowest BCUT2D eigenvalue weighted by molar-refractivity contribution is 0.293. The van der Waals surface area contributed by atoms with Crippen LogP contribution in [0, 0.1) is 4.91 Å². The summed E-state index contributed by atoms with van der Waals surface area (Å²) < 4.78 is 0. The van der Waals surface area contributed by atoms with E-state index in [0.29, 0.717) is 29.7 Å². The van der Waals surface area contributed by atoms with E-state index in [9.17, 15) is 4.91 Å². The molecule has 0 fully saturated rings. The zero-order chi connectivity index (χ0) is 11.3. The van der Waals surface area contributed by atoms with Crippen LogP contribution < -0.4 is 5.73 Å². The zero-order valence-electron chi connectivity index (χ0n) is 8.31. The molecule has 0 radical (unpaired) electrons. The SMILES string of the molecule is Nc1ccc(N=O)c(CCO)c1CCO. The summed E-state index contributed by atoms with van der Waals surface area (Å²) in [6.07, 6.45) is 0.686. The van der Waals surface area contributed by atoms with Gasteiger partial charge in [0.25, 0.3) is 0 Å². The first-order valence-corrected chi connectivity index (χ1v) is 4.70. The number of nitrogens with zero attached hydrogens (tertiary/aromatic N) is 1. The van der Waals surface area contributed by atoms with E-state index in [1.54, 1.807) is 6.07 Å². The van der Waals surface area contributed by atoms with Crippen molar-refractivity contribution in [3.63, 3.8) is 0 Å². The van der Waals surface area contributed by atoms with Gasteiger partial charge in [0.15, 0.2) is 0 Å². The molecule has 0 aliphatic rings. The highest BCUT2D eigenvalue weighted by atomic mass is 16.3. The van der Waals surface area contributed by atoms with Crippen LogP contribution >= 0.6 is 0 Å². The van der Waals surface area contributed by atoms with Crippen LogP contribution in [0.1, 0.15) is 11.1 Å². The molecule has 0 atom stereocenters. The van der Waals surface area contributed by atoms with Gasteiger partial charge in [0.05, 0.1) is 0 Å². The minimum Gasteiger partial charge on any atom is -0.398 e. The van der Waals surface area contributed by atoms with E-state index < -0.39 is 0 Å². The first-order chi connectivity index (χ1) is 7.24. The normalized spacial score (nSPS) is 10.3. The maximum Gasteiger partial charge on any atom is 0.111 e. The second kappa shape index (κ2) is 5.43. The number of nitrogens with two attached hydrogens (primary N) is 1. The van der Waals surface area contributed by atoms with Crippen molar-refractivity contribution in [2.24, 2.45) is 5.18 Å². The Kier molecular flexibility index (Phi) is 4.20. The summed E-state index contributed by atoms with van der Waals surface area (Å²) in [5.41, 5.74) is 7.84. The molecule has 0 aliphatic carbocycles. The maximum absolute atomic E-state index is 10.5. The standard InChI is InChI=1S/C10H14N2O3/c11-9-1-2-10(12-15)8(4-6-14)7(9)3-5-13/h1-2,13-14H,3-6,11H2. The molecule has 15 heavy (non-hydrogen) atoms. The molecule has 0 amide bonds. The molecule has 0 saturated carbocycles. The third-order valence-corrected chi connectivity index (χ3v) is 2.26. The van der Waals surface area contributed by atoms with Gasteiger partial charge in [0.2, 0.25) is 0 Å². The highest BCUT2D eigenvalue weighted by Gasteiger charge is 2.11. The van der Waals surface area contributed by atoms with Crippen LogP contribution in [0.5, 0.6) is 0 Å². The van der Waals surface area contributed by atoms with E-state index in [-0.39, 0.29) is 18.9 Å². The lowest BCUT2D eigenvalue weighted by Gasteiger charge is -2.11. The second-order valence-corrected chi connectivity index (χ2v) is 3.17. The van der Waals surface area contributed by atoms with E-state index in [2.05, 4.69) is 5.18 Å². The topological polar surface area (TPSA) is 95.9 Å². The van der Waals surface area contributed by atoms with Gasteiger partial charge < -0.3 is 15.9 Å². The van der Waals surface area contributed by atoms with Crippen LogP contribution in [0.2, 0.25) is 0 Å². The highest BCUT2D eigenvalue weighted by molar-refractivity contribution is 5.61. The first-order valence-electron chi connectivity index (χ1n) is 4.70. The summed E-state index contributed by atoms with van der Waals surface area (Å²) in [5, 5.41) is 20.6. The predicted octanol–water partition coefficient (Wildman–Crippen LogP) is 0.736. The van der Waals surface area contributed by atoms with Gasteiger partial charge in [0, 0.05) is 18.9 Å². The van der Waals surface area contributed by atoms with Crippen molar-refractivity contribution in [3.8, 4) is 0 Å². The third-order valence-electron chi connectivity index (χ3n) is 2.26. The van der Waals surface area contributed by atoms with Gasteiger partial charge in [-0.25, -0.2) is 0 Å². The summed E-state index contributed by atoms with van der Waals surface area (Å²) in [6.45, 7) is -0.130. The Morgan fingerprint density at radius 2 is 1.73 bits per heavy atom. The Morgan fingerprint density at radius 3 is 2.27 bits per heavy atom. The van der Waals surface area contributed by atoms with E-state index in [1.165, 1.54) is 6.07 Å². The molecule has 5 heteroatoms. The number of hydrogen-bond acceptors (Lipinski definition) is 5. The lowest BCUT2D eigenvalue weighted by Crippen LogP contribution is -2.04. The molecule has 0 aromatic heterocycles. The third kappa shape index (κ3) is 2.51. The zero-order valence-corrected chi connectivity index (χ0v) is 8.31. The van der Waals surface area contributed by atoms with Crippen molar-refractivity contribution in [1.82, 2.24) is 0 Å². The summed E-state index contributed by atoms with van der Waals surface area (Å²) in [7, 11) is 0. The Morgan fingerprint density at radius 1 is 1.13 bits per heavy atom. The molecule has 1 aromatic rings. The van der Waals surface area contributed by atoms with E-state index in [4.69, 9.17) is 15.9 Å². The molecule has 5 nitrogen and oxygen atoms in total. The smallest absolute Gasteiger partial charge is 0.111 e. The molecule has 0 spiro atoms. The van der Waals surface area contributed by atoms with Gasteiger partial charge in [-0.3, -0.25) is 0 Å². The monoisotopic (exact) mass is 210 g/mol. The number of nitrogen functional groups attached to an aromatic ring is 1. The summed E-state index contributed by atoms with van der Waals surface area (Å²) in [4.78, 5) is 10.5. The van der Waals surface area contributed by atoms with Crippen LogP contribution in [0.15, 0.2) is 17.3 Å². The molecule has 0 saturated heterocycles. The molecule has 4 N–H and O–H groups in total. The molecule has 0 unspecified atom stereocenters. The maximum atomic E-state index is 10.5. The van der Waals surface area contributed by atoms with Gasteiger partial charge in [-0.05, 0) is 41.3 Å². The van der Waals surface area contributed by atoms with Crippen molar-refractivity contribution in [1.29, 1.82) is 0 Å². The summed E-state index contributed by atoms with van der Waals surface area (Å²) in [5.74, 6) is 0. The Bertz CT molecular complexity index is 353. The molecule has 0 aliphatic heterocycles. The first kappa shape index (κ1) is 11.6. The van der Waals surface area contributed by atoms with Gasteiger partial charge in [-0.2, -0.15) is 0 Å². The highest BCUT2D eigenvalue weighted by Crippen LogP contribution is 2.28. The molecule has 1 aromatic carbocycles. The van der Waals surface area contributed by atoms with E-state index in [0.717, 1.165) is 0 Å². The fourth-order valence-corrected chi connectivity index (χ4v) is 1.58. The molecule has 0 bridgehead atoms. The lowest BCUT2D eigenvalue weighted by atomic mass is 9.98. The van der Waals surface area contributed by atoms with Crippen LogP contribution in [0.25, 0.3) is 0 Å². The Labute approximate surface area is 87.5 Å². The fourth-order valence-electron chi connectivity index (χ4n) is 1.58. The molecular formula is C10H14N2O3. The van der Waals surface area contributed by atoms with Gasteiger partial charge >= 0.3 is 0 Å². The summed E-state index contributed by atoms with van der Waals surface area (Å²) in [6, 6.07) is 3.11. The summed E-state index contributed by atoms with van der Waals surface area (Å²) >= 11 is 0. The Balaban J connectivity index is 3.22. The van der Waals surface area contributed by atoms with Crippen LogP contribution in [0.4, 0.5) is 11.4 Å². The number of benzene rings is 1. The van der Waals surface area contributed by atoms with Crippen molar-refractivity contribution >= 4 is 11.4 Å². The average molecular weight is 210 g/mol. The Hall–Kier alpha value is -1.46. The average Bonchev–Trinajstić information content (AvgIpc) is 2.24. The van der Waals surface area contributed by atoms with Crippen molar-refractivity contribution in [2.45, 2.75) is 12.8 Å². The molecular weight excluding hydrogens is 196 g/mol. The minimum atomic E-state index is -0.0790. The second-order valence-electron chi connectivity index (χ2n) is 3.17. The van der Waals surface area contributed by atoms with E-state index in [1.807, 2.05) is 0 Å². The minimum absolute atomic E-state index is 0.0507. The quantitative estimate of drug-likeness (QED) is 0.493. The van der Waals surface area contributed by atoms with Gasteiger partial charge in [0.1, 0.15) is 5.69 Å². The fraction of sp³-hybridized carbons (Fsp3) is 0.400. The predicted molar refractivity (Wildman–Crippen MR) is 57.9 cm³/mol. The van der Waals surface area contributed by atoms with Gasteiger partial charge in [-0.1, -0.05) is 0 Å². The largest absolute Gasteiger partial charge is 0.398 e. The van der Waals surface area contributed by atoms with Crippen LogP contribution in [-0.2, 0) is 12.8 Å². The number of aliphatic hydroxyl groups excluding tert-OH is 2. The van der Waals surface area contributed by atoms with Crippen molar-refractivity contribution in [2.75, 3.05) is 18.9 Å². The molecule has 82 valence electrons.